The Morgan fingerprint density at radius 1 is 1.04 bits per heavy atom. The molecule has 2 rings (SSSR count). The van der Waals surface area contributed by atoms with Crippen LogP contribution in [-0.4, -0.2) is 32.4 Å². The molecule has 0 aliphatic carbocycles. The molecular formula is C17H21NO3S2. The maximum absolute atomic E-state index is 12.0. The Labute approximate surface area is 141 Å². The lowest BCUT2D eigenvalue weighted by atomic mass is 10.1. The number of amides is 1. The molecule has 0 unspecified atom stereocenters. The van der Waals surface area contributed by atoms with Crippen molar-refractivity contribution in [2.75, 3.05) is 18.1 Å². The van der Waals surface area contributed by atoms with Crippen LogP contribution in [0.3, 0.4) is 0 Å². The Morgan fingerprint density at radius 2 is 1.83 bits per heavy atom. The average Bonchev–Trinajstić information content (AvgIpc) is 3.01. The van der Waals surface area contributed by atoms with Crippen molar-refractivity contribution in [2.24, 2.45) is 0 Å². The fourth-order valence-corrected chi connectivity index (χ4v) is 4.18. The molecule has 1 N–H and O–H groups in total. The highest BCUT2D eigenvalue weighted by atomic mass is 32.2. The lowest BCUT2D eigenvalue weighted by Crippen LogP contribution is -2.32. The zero-order valence-electron chi connectivity index (χ0n) is 12.9. The average molecular weight is 351 g/mol. The van der Waals surface area contributed by atoms with E-state index in [2.05, 4.69) is 5.32 Å². The zero-order chi connectivity index (χ0) is 16.5. The second kappa shape index (κ2) is 8.84. The minimum Gasteiger partial charge on any atom is -0.355 e. The van der Waals surface area contributed by atoms with Gasteiger partial charge in [-0.15, -0.1) is 0 Å². The molecule has 2 aromatic rings. The van der Waals surface area contributed by atoms with Crippen molar-refractivity contribution < 1.29 is 13.2 Å². The third-order valence-electron chi connectivity index (χ3n) is 3.43. The van der Waals surface area contributed by atoms with E-state index in [1.165, 1.54) is 0 Å². The molecule has 4 nitrogen and oxygen atoms in total. The maximum atomic E-state index is 12.0. The quantitative estimate of drug-likeness (QED) is 0.755. The Morgan fingerprint density at radius 3 is 2.52 bits per heavy atom. The van der Waals surface area contributed by atoms with Crippen LogP contribution in [0, 0.1) is 0 Å². The molecule has 0 atom stereocenters. The normalized spacial score (nSPS) is 11.3. The van der Waals surface area contributed by atoms with Gasteiger partial charge in [0.25, 0.3) is 0 Å². The highest BCUT2D eigenvalue weighted by Gasteiger charge is 2.16. The van der Waals surface area contributed by atoms with E-state index in [1.54, 1.807) is 11.3 Å². The number of thiophene rings is 1. The molecule has 1 aromatic heterocycles. The van der Waals surface area contributed by atoms with Crippen LogP contribution < -0.4 is 5.32 Å². The maximum Gasteiger partial charge on any atom is 0.235 e. The minimum atomic E-state index is -3.35. The SMILES string of the molecule is O=C(CS(=O)(=O)CCCc1ccccc1)NCCc1ccsc1. The molecule has 0 fully saturated rings. The Balaban J connectivity index is 1.67. The third-order valence-corrected chi connectivity index (χ3v) is 5.78. The number of sulfone groups is 1. The van der Waals surface area contributed by atoms with Gasteiger partial charge in [0.15, 0.2) is 9.84 Å². The molecular weight excluding hydrogens is 330 g/mol. The molecule has 23 heavy (non-hydrogen) atoms. The molecule has 6 heteroatoms. The van der Waals surface area contributed by atoms with Gasteiger partial charge in [-0.05, 0) is 47.2 Å². The predicted octanol–water partition coefficient (Wildman–Crippen LogP) is 2.45. The molecule has 0 radical (unpaired) electrons. The number of nitrogens with one attached hydrogen (secondary N) is 1. The summed E-state index contributed by atoms with van der Waals surface area (Å²) in [5.74, 6) is -0.800. The standard InChI is InChI=1S/C17H21NO3S2/c19-17(18-10-8-16-9-11-22-13-16)14-23(20,21)12-4-7-15-5-2-1-3-6-15/h1-3,5-6,9,11,13H,4,7-8,10,12,14H2,(H,18,19). The van der Waals surface area contributed by atoms with Crippen molar-refractivity contribution in [1.82, 2.24) is 5.32 Å². The molecule has 0 saturated heterocycles. The van der Waals surface area contributed by atoms with Crippen LogP contribution in [0.4, 0.5) is 0 Å². The van der Waals surface area contributed by atoms with Gasteiger partial charge in [-0.2, -0.15) is 11.3 Å². The van der Waals surface area contributed by atoms with Gasteiger partial charge in [-0.25, -0.2) is 8.42 Å². The number of hydrogen-bond donors (Lipinski definition) is 1. The minimum absolute atomic E-state index is 0.0415. The van der Waals surface area contributed by atoms with E-state index in [1.807, 2.05) is 47.2 Å². The van der Waals surface area contributed by atoms with Crippen molar-refractivity contribution in [3.63, 3.8) is 0 Å². The highest BCUT2D eigenvalue weighted by Crippen LogP contribution is 2.06. The molecule has 0 aliphatic rings. The summed E-state index contributed by atoms with van der Waals surface area (Å²) in [6.45, 7) is 0.467. The Hall–Kier alpha value is -1.66. The second-order valence-corrected chi connectivity index (χ2v) is 8.38. The lowest BCUT2D eigenvalue weighted by Gasteiger charge is -2.06. The van der Waals surface area contributed by atoms with E-state index in [0.717, 1.165) is 17.5 Å². The van der Waals surface area contributed by atoms with Crippen molar-refractivity contribution in [3.05, 3.63) is 58.3 Å². The van der Waals surface area contributed by atoms with Crippen LogP contribution in [0.2, 0.25) is 0 Å². The van der Waals surface area contributed by atoms with E-state index in [-0.39, 0.29) is 5.75 Å². The predicted molar refractivity (Wildman–Crippen MR) is 94.4 cm³/mol. The summed E-state index contributed by atoms with van der Waals surface area (Å²) >= 11 is 1.61. The molecule has 1 aromatic carbocycles. The summed E-state index contributed by atoms with van der Waals surface area (Å²) < 4.78 is 23.9. The van der Waals surface area contributed by atoms with Crippen molar-refractivity contribution in [1.29, 1.82) is 0 Å². The summed E-state index contributed by atoms with van der Waals surface area (Å²) in [6, 6.07) is 11.8. The highest BCUT2D eigenvalue weighted by molar-refractivity contribution is 7.92. The number of rotatable bonds is 9. The van der Waals surface area contributed by atoms with Gasteiger partial charge in [0.05, 0.1) is 5.75 Å². The first kappa shape index (κ1) is 17.7. The monoisotopic (exact) mass is 351 g/mol. The Kier molecular flexibility index (Phi) is 6.80. The van der Waals surface area contributed by atoms with Gasteiger partial charge in [-0.3, -0.25) is 4.79 Å². The molecule has 1 heterocycles. The van der Waals surface area contributed by atoms with Gasteiger partial charge in [0, 0.05) is 6.54 Å². The van der Waals surface area contributed by atoms with Crippen LogP contribution in [-0.2, 0) is 27.5 Å². The van der Waals surface area contributed by atoms with E-state index in [9.17, 15) is 13.2 Å². The van der Waals surface area contributed by atoms with E-state index in [0.29, 0.717) is 19.4 Å². The van der Waals surface area contributed by atoms with Crippen molar-refractivity contribution in [2.45, 2.75) is 19.3 Å². The first-order valence-corrected chi connectivity index (χ1v) is 10.3. The van der Waals surface area contributed by atoms with E-state index < -0.39 is 21.5 Å². The van der Waals surface area contributed by atoms with Gasteiger partial charge in [-0.1, -0.05) is 30.3 Å². The van der Waals surface area contributed by atoms with Crippen LogP contribution >= 0.6 is 11.3 Å². The summed E-state index contributed by atoms with van der Waals surface area (Å²) in [4.78, 5) is 11.7. The smallest absolute Gasteiger partial charge is 0.235 e. The fraction of sp³-hybridized carbons (Fsp3) is 0.353. The molecule has 0 bridgehead atoms. The van der Waals surface area contributed by atoms with Gasteiger partial charge < -0.3 is 5.32 Å². The summed E-state index contributed by atoms with van der Waals surface area (Å²) in [7, 11) is -3.35. The number of benzene rings is 1. The number of aryl methyl sites for hydroxylation is 1. The van der Waals surface area contributed by atoms with Crippen LogP contribution in [0.25, 0.3) is 0 Å². The third kappa shape index (κ3) is 6.97. The molecule has 1 amide bonds. The van der Waals surface area contributed by atoms with Crippen molar-refractivity contribution >= 4 is 27.1 Å². The number of hydrogen-bond acceptors (Lipinski definition) is 4. The largest absolute Gasteiger partial charge is 0.355 e. The summed E-state index contributed by atoms with van der Waals surface area (Å²) in [6.07, 6.45) is 1.97. The number of carbonyl (C=O) groups is 1. The van der Waals surface area contributed by atoms with Crippen LogP contribution in [0.1, 0.15) is 17.5 Å². The fourth-order valence-electron chi connectivity index (χ4n) is 2.24. The van der Waals surface area contributed by atoms with Gasteiger partial charge in [0.1, 0.15) is 5.75 Å². The van der Waals surface area contributed by atoms with Crippen molar-refractivity contribution in [3.8, 4) is 0 Å². The molecule has 0 aliphatic heterocycles. The molecule has 124 valence electrons. The van der Waals surface area contributed by atoms with Gasteiger partial charge in [0.2, 0.25) is 5.91 Å². The van der Waals surface area contributed by atoms with Crippen LogP contribution in [0.5, 0.6) is 0 Å². The van der Waals surface area contributed by atoms with E-state index in [4.69, 9.17) is 0 Å². The first-order chi connectivity index (χ1) is 11.1. The van der Waals surface area contributed by atoms with Crippen LogP contribution in [0.15, 0.2) is 47.2 Å². The molecule has 0 spiro atoms. The summed E-state index contributed by atoms with van der Waals surface area (Å²) in [5, 5.41) is 6.67. The van der Waals surface area contributed by atoms with E-state index >= 15 is 0 Å². The van der Waals surface area contributed by atoms with Gasteiger partial charge >= 0.3 is 0 Å². The number of carbonyl (C=O) groups excluding carboxylic acids is 1. The second-order valence-electron chi connectivity index (χ2n) is 5.41. The lowest BCUT2D eigenvalue weighted by molar-refractivity contribution is -0.118. The molecule has 0 saturated carbocycles. The first-order valence-electron chi connectivity index (χ1n) is 7.57. The topological polar surface area (TPSA) is 63.2 Å². The zero-order valence-corrected chi connectivity index (χ0v) is 14.5. The summed E-state index contributed by atoms with van der Waals surface area (Å²) in [5.41, 5.74) is 2.27. The Bertz CT molecular complexity index is 695.